The minimum atomic E-state index is -1.82. The molecule has 1 aliphatic heterocycles. The van der Waals surface area contributed by atoms with Crippen molar-refractivity contribution in [1.29, 1.82) is 0 Å². The molecular weight excluding hydrogens is 482 g/mol. The predicted octanol–water partition coefficient (Wildman–Crippen LogP) is 5.97. The van der Waals surface area contributed by atoms with Gasteiger partial charge in [-0.2, -0.15) is 0 Å². The van der Waals surface area contributed by atoms with Crippen LogP contribution in [0.4, 0.5) is 5.69 Å². The first-order valence-corrected chi connectivity index (χ1v) is 12.8. The lowest BCUT2D eigenvalue weighted by Crippen LogP contribution is -2.56. The number of carbonyl (C=O) groups is 2. The molecule has 0 bridgehead atoms. The van der Waals surface area contributed by atoms with Gasteiger partial charge >= 0.3 is 11.9 Å². The van der Waals surface area contributed by atoms with Crippen LogP contribution in [0, 0.1) is 0 Å². The molecule has 0 amide bonds. The monoisotopic (exact) mass is 509 g/mol. The van der Waals surface area contributed by atoms with E-state index in [0.717, 1.165) is 16.7 Å². The Bertz CT molecular complexity index is 1310. The molecule has 0 saturated carbocycles. The van der Waals surface area contributed by atoms with Crippen LogP contribution in [0.15, 0.2) is 121 Å². The number of thioether (sulfide) groups is 1. The zero-order valence-corrected chi connectivity index (χ0v) is 21.4. The van der Waals surface area contributed by atoms with Crippen molar-refractivity contribution in [3.63, 3.8) is 0 Å². The zero-order valence-electron chi connectivity index (χ0n) is 20.6. The van der Waals surface area contributed by atoms with Crippen LogP contribution in [0.2, 0.25) is 0 Å². The summed E-state index contributed by atoms with van der Waals surface area (Å²) in [6.07, 6.45) is 0. The highest BCUT2D eigenvalue weighted by Crippen LogP contribution is 2.67. The lowest BCUT2D eigenvalue weighted by molar-refractivity contribution is -0.155. The maximum Gasteiger partial charge on any atom is 0.354 e. The number of benzene rings is 4. The molecule has 0 aliphatic carbocycles. The molecule has 0 aromatic heterocycles. The molecule has 1 fully saturated rings. The highest BCUT2D eigenvalue weighted by molar-refractivity contribution is 8.03. The number of anilines is 1. The number of esters is 2. The standard InChI is InChI=1S/C31H27NO4S/c1-35-28(33)31(29(34)36-2)32(26-21-13-6-14-22-26)27(23-15-7-3-8-16-23)30(37-31,24-17-9-4-10-18-24)25-19-11-5-12-20-25/h3-22,27H,1-2H3/t27-/m0/s1. The molecule has 186 valence electrons. The van der Waals surface area contributed by atoms with E-state index in [4.69, 9.17) is 9.47 Å². The van der Waals surface area contributed by atoms with E-state index in [0.29, 0.717) is 5.69 Å². The van der Waals surface area contributed by atoms with Crippen molar-refractivity contribution in [2.75, 3.05) is 19.1 Å². The molecule has 1 heterocycles. The first-order chi connectivity index (χ1) is 18.1. The molecule has 0 N–H and O–H groups in total. The second-order valence-corrected chi connectivity index (χ2v) is 10.2. The summed E-state index contributed by atoms with van der Waals surface area (Å²) in [4.78, 5) is 27.8. The normalized spacial score (nSPS) is 17.7. The summed E-state index contributed by atoms with van der Waals surface area (Å²) in [7, 11) is 2.61. The van der Waals surface area contributed by atoms with E-state index >= 15 is 0 Å². The first-order valence-electron chi connectivity index (χ1n) is 12.0. The Labute approximate surface area is 221 Å². The van der Waals surface area contributed by atoms with E-state index < -0.39 is 27.6 Å². The lowest BCUT2D eigenvalue weighted by atomic mass is 9.79. The Balaban J connectivity index is 1.96. The molecular formula is C31H27NO4S. The van der Waals surface area contributed by atoms with Crippen LogP contribution < -0.4 is 4.90 Å². The Hall–Kier alpha value is -4.03. The van der Waals surface area contributed by atoms with Gasteiger partial charge in [0.25, 0.3) is 4.87 Å². The summed E-state index contributed by atoms with van der Waals surface area (Å²) in [5, 5.41) is 0. The average molecular weight is 510 g/mol. The van der Waals surface area contributed by atoms with Gasteiger partial charge in [0.2, 0.25) is 0 Å². The number of para-hydroxylation sites is 1. The number of methoxy groups -OCH3 is 2. The zero-order chi connectivity index (χ0) is 25.9. The fourth-order valence-electron chi connectivity index (χ4n) is 5.25. The van der Waals surface area contributed by atoms with Crippen LogP contribution >= 0.6 is 11.8 Å². The summed E-state index contributed by atoms with van der Waals surface area (Å²) >= 11 is 1.26. The van der Waals surface area contributed by atoms with Crippen LogP contribution in [-0.2, 0) is 23.8 Å². The molecule has 5 rings (SSSR count). The van der Waals surface area contributed by atoms with Crippen LogP contribution in [0.5, 0.6) is 0 Å². The van der Waals surface area contributed by atoms with Gasteiger partial charge in [-0.3, -0.25) is 0 Å². The van der Waals surface area contributed by atoms with E-state index in [9.17, 15) is 9.59 Å². The van der Waals surface area contributed by atoms with Crippen molar-refractivity contribution in [2.24, 2.45) is 0 Å². The maximum absolute atomic E-state index is 13.9. The van der Waals surface area contributed by atoms with E-state index in [1.807, 2.05) is 126 Å². The van der Waals surface area contributed by atoms with Crippen molar-refractivity contribution in [2.45, 2.75) is 15.7 Å². The van der Waals surface area contributed by atoms with Crippen LogP contribution in [0.3, 0.4) is 0 Å². The summed E-state index contributed by atoms with van der Waals surface area (Å²) in [6.45, 7) is 0. The molecule has 4 aromatic rings. The largest absolute Gasteiger partial charge is 0.466 e. The van der Waals surface area contributed by atoms with Gasteiger partial charge in [-0.15, -0.1) is 0 Å². The average Bonchev–Trinajstić information content (AvgIpc) is 3.32. The molecule has 6 heteroatoms. The molecule has 0 unspecified atom stereocenters. The highest BCUT2D eigenvalue weighted by atomic mass is 32.2. The second-order valence-electron chi connectivity index (χ2n) is 8.72. The van der Waals surface area contributed by atoms with Crippen molar-refractivity contribution < 1.29 is 19.1 Å². The van der Waals surface area contributed by atoms with Gasteiger partial charge in [-0.25, -0.2) is 9.59 Å². The van der Waals surface area contributed by atoms with Crippen molar-refractivity contribution >= 4 is 29.4 Å². The Morgan fingerprint density at radius 3 is 1.49 bits per heavy atom. The minimum Gasteiger partial charge on any atom is -0.466 e. The van der Waals surface area contributed by atoms with Crippen LogP contribution in [0.25, 0.3) is 0 Å². The number of ether oxygens (including phenoxy) is 2. The van der Waals surface area contributed by atoms with Gasteiger partial charge in [0.05, 0.1) is 25.0 Å². The van der Waals surface area contributed by atoms with E-state index in [1.54, 1.807) is 0 Å². The minimum absolute atomic E-state index is 0.482. The third kappa shape index (κ3) is 3.89. The molecule has 0 spiro atoms. The summed E-state index contributed by atoms with van der Waals surface area (Å²) in [6, 6.07) is 39.0. The maximum atomic E-state index is 13.9. The number of nitrogens with zero attached hydrogens (tertiary/aromatic N) is 1. The van der Waals surface area contributed by atoms with Crippen LogP contribution in [-0.4, -0.2) is 31.0 Å². The van der Waals surface area contributed by atoms with Crippen LogP contribution in [0.1, 0.15) is 22.7 Å². The SMILES string of the molecule is COC(=O)C1(C(=O)OC)SC(c2ccccc2)(c2ccccc2)[C@H](c2ccccc2)N1c1ccccc1. The third-order valence-electron chi connectivity index (χ3n) is 6.77. The molecule has 4 aromatic carbocycles. The molecule has 1 saturated heterocycles. The van der Waals surface area contributed by atoms with E-state index in [1.165, 1.54) is 26.0 Å². The fourth-order valence-corrected chi connectivity index (χ4v) is 7.22. The van der Waals surface area contributed by atoms with Gasteiger partial charge in [-0.05, 0) is 28.8 Å². The van der Waals surface area contributed by atoms with Crippen molar-refractivity contribution in [3.8, 4) is 0 Å². The number of hydrogen-bond acceptors (Lipinski definition) is 6. The summed E-state index contributed by atoms with van der Waals surface area (Å²) in [5.74, 6) is -1.38. The Kier molecular flexibility index (Phi) is 6.76. The third-order valence-corrected chi connectivity index (χ3v) is 8.61. The smallest absolute Gasteiger partial charge is 0.354 e. The van der Waals surface area contributed by atoms with E-state index in [-0.39, 0.29) is 0 Å². The van der Waals surface area contributed by atoms with Gasteiger partial charge in [0, 0.05) is 5.69 Å². The van der Waals surface area contributed by atoms with Gasteiger partial charge in [0.15, 0.2) is 0 Å². The second kappa shape index (κ2) is 10.1. The Morgan fingerprint density at radius 1 is 0.649 bits per heavy atom. The number of carbonyl (C=O) groups excluding carboxylic acids is 2. The molecule has 0 radical (unpaired) electrons. The van der Waals surface area contributed by atoms with E-state index in [2.05, 4.69) is 0 Å². The predicted molar refractivity (Wildman–Crippen MR) is 146 cm³/mol. The topological polar surface area (TPSA) is 55.8 Å². The fraction of sp³-hybridized carbons (Fsp3) is 0.161. The van der Waals surface area contributed by atoms with Gasteiger partial charge in [-0.1, -0.05) is 121 Å². The van der Waals surface area contributed by atoms with Gasteiger partial charge < -0.3 is 14.4 Å². The van der Waals surface area contributed by atoms with Gasteiger partial charge in [0.1, 0.15) is 0 Å². The van der Waals surface area contributed by atoms with Crippen molar-refractivity contribution in [3.05, 3.63) is 138 Å². The summed E-state index contributed by atoms with van der Waals surface area (Å²) in [5.41, 5.74) is 3.56. The number of rotatable bonds is 6. The molecule has 5 nitrogen and oxygen atoms in total. The quantitative estimate of drug-likeness (QED) is 0.236. The Morgan fingerprint density at radius 2 is 1.05 bits per heavy atom. The lowest BCUT2D eigenvalue weighted by Gasteiger charge is -2.40. The first kappa shape index (κ1) is 24.7. The van der Waals surface area contributed by atoms with Crippen molar-refractivity contribution in [1.82, 2.24) is 0 Å². The molecule has 1 aliphatic rings. The highest BCUT2D eigenvalue weighted by Gasteiger charge is 2.70. The number of hydrogen-bond donors (Lipinski definition) is 0. The molecule has 37 heavy (non-hydrogen) atoms. The summed E-state index contributed by atoms with van der Waals surface area (Å²) < 4.78 is 9.83. The molecule has 1 atom stereocenters.